The molecule has 3 nitrogen and oxygen atoms in total. The lowest BCUT2D eigenvalue weighted by atomic mass is 9.96. The smallest absolute Gasteiger partial charge is 0.121 e. The Balaban J connectivity index is 2.03. The zero-order valence-corrected chi connectivity index (χ0v) is 12.5. The van der Waals surface area contributed by atoms with Gasteiger partial charge in [0.2, 0.25) is 0 Å². The van der Waals surface area contributed by atoms with E-state index >= 15 is 0 Å². The van der Waals surface area contributed by atoms with Gasteiger partial charge in [0, 0.05) is 35.8 Å². The highest BCUT2D eigenvalue weighted by atomic mass is 16.3. The summed E-state index contributed by atoms with van der Waals surface area (Å²) in [6, 6.07) is 6.88. The molecular weight excluding hydrogens is 236 g/mol. The number of hydrogen-bond donors (Lipinski definition) is 2. The fourth-order valence-corrected chi connectivity index (χ4v) is 3.14. The van der Waals surface area contributed by atoms with E-state index in [9.17, 15) is 5.11 Å². The molecule has 0 saturated heterocycles. The molecule has 2 rings (SSSR count). The Hall–Kier alpha value is -1.22. The summed E-state index contributed by atoms with van der Waals surface area (Å²) < 4.78 is 0. The summed E-state index contributed by atoms with van der Waals surface area (Å²) >= 11 is 0. The number of benzene rings is 1. The maximum atomic E-state index is 10.0. The van der Waals surface area contributed by atoms with Crippen LogP contribution in [-0.2, 0) is 0 Å². The summed E-state index contributed by atoms with van der Waals surface area (Å²) in [5.74, 6) is 0.865. The lowest BCUT2D eigenvalue weighted by Crippen LogP contribution is -2.38. The molecule has 106 valence electrons. The molecule has 0 fully saturated rings. The molecule has 0 saturated carbocycles. The van der Waals surface area contributed by atoms with Gasteiger partial charge >= 0.3 is 0 Å². The van der Waals surface area contributed by atoms with Gasteiger partial charge in [0.25, 0.3) is 0 Å². The molecule has 1 heterocycles. The number of rotatable bonds is 5. The van der Waals surface area contributed by atoms with E-state index in [1.807, 2.05) is 6.07 Å². The van der Waals surface area contributed by atoms with Gasteiger partial charge in [-0.05, 0) is 52.8 Å². The number of hydrogen-bond acceptors (Lipinski definition) is 3. The van der Waals surface area contributed by atoms with Gasteiger partial charge in [-0.2, -0.15) is 0 Å². The van der Waals surface area contributed by atoms with Crippen LogP contribution in [0.1, 0.15) is 45.6 Å². The van der Waals surface area contributed by atoms with Crippen molar-refractivity contribution in [3.63, 3.8) is 0 Å². The average Bonchev–Trinajstić information content (AvgIpc) is 2.73. The van der Waals surface area contributed by atoms with Crippen molar-refractivity contribution in [3.05, 3.63) is 23.8 Å². The molecule has 1 aromatic carbocycles. The molecule has 0 radical (unpaired) electrons. The van der Waals surface area contributed by atoms with Crippen molar-refractivity contribution >= 4 is 5.69 Å². The Bertz CT molecular complexity index is 421. The van der Waals surface area contributed by atoms with E-state index in [1.165, 1.54) is 0 Å². The lowest BCUT2D eigenvalue weighted by molar-refractivity contribution is 0.169. The molecule has 0 bridgehead atoms. The predicted molar refractivity (Wildman–Crippen MR) is 80.9 cm³/mol. The minimum absolute atomic E-state index is 0.427. The van der Waals surface area contributed by atoms with Crippen LogP contribution in [0.2, 0.25) is 0 Å². The van der Waals surface area contributed by atoms with Crippen LogP contribution in [0.25, 0.3) is 0 Å². The van der Waals surface area contributed by atoms with Crippen molar-refractivity contribution in [1.29, 1.82) is 0 Å². The summed E-state index contributed by atoms with van der Waals surface area (Å²) in [5, 5.41) is 13.4. The molecule has 0 amide bonds. The number of anilines is 1. The Kier molecular flexibility index (Phi) is 4.35. The molecule has 1 aromatic rings. The molecule has 1 atom stereocenters. The fourth-order valence-electron chi connectivity index (χ4n) is 3.14. The molecular formula is C16H26N2O. The highest BCUT2D eigenvalue weighted by Gasteiger charge is 2.26. The summed E-state index contributed by atoms with van der Waals surface area (Å²) in [4.78, 5) is 2.51. The van der Waals surface area contributed by atoms with Gasteiger partial charge in [0.15, 0.2) is 0 Å². The number of fused-ring (bicyclic) bond motifs is 1. The first kappa shape index (κ1) is 14.2. The van der Waals surface area contributed by atoms with Crippen molar-refractivity contribution in [1.82, 2.24) is 4.90 Å². The Morgan fingerprint density at radius 1 is 1.26 bits per heavy atom. The number of phenolic OH excluding ortho intramolecular Hbond substituents is 1. The monoisotopic (exact) mass is 262 g/mol. The Morgan fingerprint density at radius 2 is 1.95 bits per heavy atom. The van der Waals surface area contributed by atoms with E-state index in [1.54, 1.807) is 6.07 Å². The van der Waals surface area contributed by atoms with Crippen LogP contribution >= 0.6 is 0 Å². The topological polar surface area (TPSA) is 35.5 Å². The van der Waals surface area contributed by atoms with Gasteiger partial charge in [0.05, 0.1) is 0 Å². The van der Waals surface area contributed by atoms with Gasteiger partial charge in [-0.1, -0.05) is 6.07 Å². The first-order valence-corrected chi connectivity index (χ1v) is 7.32. The fraction of sp³-hybridized carbons (Fsp3) is 0.625. The quantitative estimate of drug-likeness (QED) is 0.853. The normalized spacial score (nSPS) is 18.2. The molecule has 0 aromatic heterocycles. The van der Waals surface area contributed by atoms with E-state index < -0.39 is 0 Å². The third-order valence-electron chi connectivity index (χ3n) is 4.09. The van der Waals surface area contributed by atoms with E-state index in [0.717, 1.165) is 30.8 Å². The van der Waals surface area contributed by atoms with Crippen molar-refractivity contribution in [3.8, 4) is 5.75 Å². The largest absolute Gasteiger partial charge is 0.508 e. The van der Waals surface area contributed by atoms with Crippen molar-refractivity contribution in [2.45, 2.75) is 52.1 Å². The average molecular weight is 262 g/mol. The van der Waals surface area contributed by atoms with Crippen molar-refractivity contribution in [2.24, 2.45) is 0 Å². The molecule has 0 spiro atoms. The first-order valence-electron chi connectivity index (χ1n) is 7.32. The maximum absolute atomic E-state index is 10.0. The highest BCUT2D eigenvalue weighted by Crippen LogP contribution is 2.39. The van der Waals surface area contributed by atoms with Gasteiger partial charge in [0.1, 0.15) is 5.75 Å². The standard InChI is InChI=1S/C16H26N2O/c1-11(2)18(12(3)4)9-8-13-10-17-14-6-5-7-15(19)16(13)14/h5-7,11-13,17,19H,8-10H2,1-4H3/t13-/m0/s1. The molecule has 1 aliphatic heterocycles. The number of nitrogens with one attached hydrogen (secondary N) is 1. The van der Waals surface area contributed by atoms with Gasteiger partial charge in [-0.15, -0.1) is 0 Å². The van der Waals surface area contributed by atoms with Gasteiger partial charge in [-0.25, -0.2) is 0 Å². The second kappa shape index (κ2) is 5.83. The summed E-state index contributed by atoms with van der Waals surface area (Å²) in [5.41, 5.74) is 2.21. The van der Waals surface area contributed by atoms with E-state index in [0.29, 0.717) is 23.8 Å². The Morgan fingerprint density at radius 3 is 2.58 bits per heavy atom. The number of nitrogens with zero attached hydrogens (tertiary/aromatic N) is 1. The van der Waals surface area contributed by atoms with Crippen molar-refractivity contribution in [2.75, 3.05) is 18.4 Å². The van der Waals surface area contributed by atoms with Crippen LogP contribution in [-0.4, -0.2) is 35.2 Å². The molecule has 1 aliphatic rings. The SMILES string of the molecule is CC(C)N(CC[C@H]1CNc2cccc(O)c21)C(C)C. The molecule has 19 heavy (non-hydrogen) atoms. The second-order valence-corrected chi connectivity index (χ2v) is 6.03. The maximum Gasteiger partial charge on any atom is 0.121 e. The van der Waals surface area contributed by atoms with Crippen molar-refractivity contribution < 1.29 is 5.11 Å². The van der Waals surface area contributed by atoms with Crippen LogP contribution in [0.15, 0.2) is 18.2 Å². The van der Waals surface area contributed by atoms with E-state index in [-0.39, 0.29) is 0 Å². The zero-order valence-electron chi connectivity index (χ0n) is 12.5. The minimum Gasteiger partial charge on any atom is -0.508 e. The number of phenols is 1. The summed E-state index contributed by atoms with van der Waals surface area (Å²) in [7, 11) is 0. The lowest BCUT2D eigenvalue weighted by Gasteiger charge is -2.31. The first-order chi connectivity index (χ1) is 9.00. The minimum atomic E-state index is 0.427. The van der Waals surface area contributed by atoms with Crippen LogP contribution < -0.4 is 5.32 Å². The van der Waals surface area contributed by atoms with Crippen LogP contribution in [0.5, 0.6) is 5.75 Å². The third kappa shape index (κ3) is 3.03. The highest BCUT2D eigenvalue weighted by molar-refractivity contribution is 5.62. The van der Waals surface area contributed by atoms with E-state index in [4.69, 9.17) is 0 Å². The van der Waals surface area contributed by atoms with Crippen LogP contribution in [0.4, 0.5) is 5.69 Å². The Labute approximate surface area is 116 Å². The molecule has 0 aliphatic carbocycles. The third-order valence-corrected chi connectivity index (χ3v) is 4.09. The zero-order chi connectivity index (χ0) is 14.0. The second-order valence-electron chi connectivity index (χ2n) is 6.03. The predicted octanol–water partition coefficient (Wildman–Crippen LogP) is 3.41. The van der Waals surface area contributed by atoms with Gasteiger partial charge in [-0.3, -0.25) is 4.90 Å². The van der Waals surface area contributed by atoms with Gasteiger partial charge < -0.3 is 10.4 Å². The molecule has 0 unspecified atom stereocenters. The summed E-state index contributed by atoms with van der Waals surface area (Å²) in [6.07, 6.45) is 1.09. The molecule has 2 N–H and O–H groups in total. The molecule has 3 heteroatoms. The van der Waals surface area contributed by atoms with Crippen LogP contribution in [0, 0.1) is 0 Å². The summed E-state index contributed by atoms with van der Waals surface area (Å²) in [6.45, 7) is 11.0. The number of aromatic hydroxyl groups is 1. The van der Waals surface area contributed by atoms with Crippen LogP contribution in [0.3, 0.4) is 0 Å². The van der Waals surface area contributed by atoms with E-state index in [2.05, 4.69) is 44.0 Å².